The number of sulfonamides is 1. The number of para-hydroxylation sites is 1. The van der Waals surface area contributed by atoms with Crippen molar-refractivity contribution in [2.45, 2.75) is 30.1 Å². The molecule has 0 spiro atoms. The van der Waals surface area contributed by atoms with Gasteiger partial charge in [-0.2, -0.15) is 0 Å². The number of rotatable bonds is 3. The fraction of sp³-hybridized carbons (Fsp3) is 0.263. The predicted molar refractivity (Wildman–Crippen MR) is 95.1 cm³/mol. The van der Waals surface area contributed by atoms with Crippen molar-refractivity contribution in [3.63, 3.8) is 0 Å². The first kappa shape index (κ1) is 16.8. The van der Waals surface area contributed by atoms with Crippen LogP contribution in [0.2, 0.25) is 0 Å². The maximum Gasteiger partial charge on any atom is 0.311 e. The normalized spacial score (nSPS) is 19.2. The number of aryl methyl sites for hydroxylation is 1. The molecule has 0 saturated carbocycles. The van der Waals surface area contributed by atoms with E-state index in [2.05, 4.69) is 0 Å². The molecule has 1 unspecified atom stereocenters. The number of anilines is 1. The Morgan fingerprint density at radius 1 is 1.12 bits per heavy atom. The van der Waals surface area contributed by atoms with E-state index in [0.717, 1.165) is 5.56 Å². The fourth-order valence-electron chi connectivity index (χ4n) is 3.74. The van der Waals surface area contributed by atoms with Crippen LogP contribution in [0.4, 0.5) is 5.69 Å². The quantitative estimate of drug-likeness (QED) is 0.895. The van der Waals surface area contributed by atoms with E-state index < -0.39 is 21.9 Å². The molecule has 1 aliphatic heterocycles. The molecule has 1 heterocycles. The largest absolute Gasteiger partial charge is 0.481 e. The van der Waals surface area contributed by atoms with Crippen molar-refractivity contribution in [2.75, 3.05) is 10.8 Å². The average molecular weight is 371 g/mol. The summed E-state index contributed by atoms with van der Waals surface area (Å²) in [6.07, 6.45) is 1.25. The van der Waals surface area contributed by atoms with Crippen LogP contribution in [0.25, 0.3) is 0 Å². The smallest absolute Gasteiger partial charge is 0.311 e. The first-order valence-corrected chi connectivity index (χ1v) is 9.84. The highest BCUT2D eigenvalue weighted by Gasteiger charge is 2.36. The Labute approximate surface area is 151 Å². The van der Waals surface area contributed by atoms with Gasteiger partial charge >= 0.3 is 5.97 Å². The molecule has 7 heteroatoms. The Kier molecular flexibility index (Phi) is 3.84. The van der Waals surface area contributed by atoms with Crippen molar-refractivity contribution < 1.29 is 23.1 Å². The van der Waals surface area contributed by atoms with E-state index in [1.165, 1.54) is 16.4 Å². The number of hydrogen-bond acceptors (Lipinski definition) is 4. The minimum absolute atomic E-state index is 0.0398. The molecule has 1 aliphatic carbocycles. The highest BCUT2D eigenvalue weighted by molar-refractivity contribution is 7.92. The number of carboxylic acid groups (broad SMARTS) is 1. The number of ketones is 1. The van der Waals surface area contributed by atoms with Crippen molar-refractivity contribution in [3.8, 4) is 0 Å². The third-order valence-corrected chi connectivity index (χ3v) is 6.90. The van der Waals surface area contributed by atoms with Crippen LogP contribution in [-0.2, 0) is 21.2 Å². The standard InChI is InChI=1S/C19H17NO5S/c21-18-8-6-12-5-7-13(11-16(12)18)26(24,25)20-10-9-15(19(22)23)14-3-1-2-4-17(14)20/h1-5,7,11,15H,6,8-10H2,(H,22,23). The number of carboxylic acids is 1. The predicted octanol–water partition coefficient (Wildman–Crippen LogP) is 2.58. The summed E-state index contributed by atoms with van der Waals surface area (Å²) in [6, 6.07) is 11.4. The van der Waals surface area contributed by atoms with Crippen LogP contribution >= 0.6 is 0 Å². The third-order valence-electron chi connectivity index (χ3n) is 5.09. The molecule has 26 heavy (non-hydrogen) atoms. The Bertz CT molecular complexity index is 1030. The average Bonchev–Trinajstić information content (AvgIpc) is 3.01. The summed E-state index contributed by atoms with van der Waals surface area (Å²) in [5, 5.41) is 9.42. The van der Waals surface area contributed by atoms with E-state index in [1.54, 1.807) is 30.3 Å². The molecule has 0 bridgehead atoms. The van der Waals surface area contributed by atoms with E-state index >= 15 is 0 Å². The van der Waals surface area contributed by atoms with Crippen LogP contribution in [0.15, 0.2) is 47.4 Å². The fourth-order valence-corrected chi connectivity index (χ4v) is 5.27. The lowest BCUT2D eigenvalue weighted by molar-refractivity contribution is -0.139. The summed E-state index contributed by atoms with van der Waals surface area (Å²) in [4.78, 5) is 23.5. The second-order valence-corrected chi connectivity index (χ2v) is 8.42. The van der Waals surface area contributed by atoms with E-state index in [-0.39, 0.29) is 23.6 Å². The molecule has 2 aromatic carbocycles. The van der Waals surface area contributed by atoms with Gasteiger partial charge in [-0.15, -0.1) is 0 Å². The van der Waals surface area contributed by atoms with Gasteiger partial charge in [-0.25, -0.2) is 8.42 Å². The molecule has 0 aromatic heterocycles. The summed E-state index contributed by atoms with van der Waals surface area (Å²) >= 11 is 0. The van der Waals surface area contributed by atoms with E-state index in [1.807, 2.05) is 0 Å². The van der Waals surface area contributed by atoms with Gasteiger partial charge in [-0.3, -0.25) is 13.9 Å². The number of carbonyl (C=O) groups is 2. The summed E-state index contributed by atoms with van der Waals surface area (Å²) in [7, 11) is -3.88. The molecule has 2 aliphatic rings. The van der Waals surface area contributed by atoms with Crippen LogP contribution in [0.1, 0.15) is 40.2 Å². The molecular weight excluding hydrogens is 354 g/mol. The second-order valence-electron chi connectivity index (χ2n) is 6.56. The lowest BCUT2D eigenvalue weighted by Gasteiger charge is -2.33. The monoisotopic (exact) mass is 371 g/mol. The van der Waals surface area contributed by atoms with Crippen molar-refractivity contribution in [2.24, 2.45) is 0 Å². The molecule has 2 aromatic rings. The Morgan fingerprint density at radius 3 is 2.65 bits per heavy atom. The van der Waals surface area contributed by atoms with Crippen LogP contribution in [-0.4, -0.2) is 31.8 Å². The van der Waals surface area contributed by atoms with Gasteiger partial charge in [0.25, 0.3) is 10.0 Å². The summed E-state index contributed by atoms with van der Waals surface area (Å²) in [5.74, 6) is -1.72. The van der Waals surface area contributed by atoms with Crippen LogP contribution < -0.4 is 4.31 Å². The van der Waals surface area contributed by atoms with Gasteiger partial charge in [0.1, 0.15) is 0 Å². The van der Waals surface area contributed by atoms with Gasteiger partial charge in [-0.05, 0) is 42.2 Å². The van der Waals surface area contributed by atoms with Crippen molar-refractivity contribution in [1.29, 1.82) is 0 Å². The summed E-state index contributed by atoms with van der Waals surface area (Å²) in [6.45, 7) is 0.0847. The first-order valence-electron chi connectivity index (χ1n) is 8.40. The number of hydrogen-bond donors (Lipinski definition) is 1. The van der Waals surface area contributed by atoms with Gasteiger partial charge in [0.15, 0.2) is 5.78 Å². The van der Waals surface area contributed by atoms with E-state index in [0.29, 0.717) is 29.7 Å². The van der Waals surface area contributed by atoms with Crippen molar-refractivity contribution in [1.82, 2.24) is 0 Å². The molecule has 0 saturated heterocycles. The zero-order valence-electron chi connectivity index (χ0n) is 13.9. The molecule has 134 valence electrons. The molecule has 1 atom stereocenters. The maximum atomic E-state index is 13.2. The van der Waals surface area contributed by atoms with Gasteiger partial charge < -0.3 is 5.11 Å². The highest BCUT2D eigenvalue weighted by atomic mass is 32.2. The Balaban J connectivity index is 1.80. The highest BCUT2D eigenvalue weighted by Crippen LogP contribution is 2.38. The topological polar surface area (TPSA) is 91.8 Å². The third kappa shape index (κ3) is 2.50. The number of aliphatic carboxylic acids is 1. The number of Topliss-reactive ketones (excluding diaryl/α,β-unsaturated/α-hetero) is 1. The molecule has 0 radical (unpaired) electrons. The number of fused-ring (bicyclic) bond motifs is 2. The number of nitrogens with zero attached hydrogens (tertiary/aromatic N) is 1. The Morgan fingerprint density at radius 2 is 1.88 bits per heavy atom. The maximum absolute atomic E-state index is 13.2. The number of carbonyl (C=O) groups excluding carboxylic acids is 1. The molecule has 6 nitrogen and oxygen atoms in total. The van der Waals surface area contributed by atoms with Gasteiger partial charge in [0.05, 0.1) is 16.5 Å². The SMILES string of the molecule is O=C1CCc2ccc(S(=O)(=O)N3CCC(C(=O)O)c4ccccc43)cc21. The molecule has 1 N–H and O–H groups in total. The minimum atomic E-state index is -3.88. The summed E-state index contributed by atoms with van der Waals surface area (Å²) < 4.78 is 27.7. The zero-order valence-corrected chi connectivity index (χ0v) is 14.7. The van der Waals surface area contributed by atoms with Crippen LogP contribution in [0.3, 0.4) is 0 Å². The van der Waals surface area contributed by atoms with Gasteiger partial charge in [-0.1, -0.05) is 24.3 Å². The zero-order chi connectivity index (χ0) is 18.5. The molecule has 0 fully saturated rings. The van der Waals surface area contributed by atoms with Crippen molar-refractivity contribution >= 4 is 27.5 Å². The lowest BCUT2D eigenvalue weighted by Crippen LogP contribution is -2.38. The first-order chi connectivity index (χ1) is 12.4. The van der Waals surface area contributed by atoms with Gasteiger partial charge in [0.2, 0.25) is 0 Å². The second kappa shape index (κ2) is 5.95. The van der Waals surface area contributed by atoms with Crippen LogP contribution in [0.5, 0.6) is 0 Å². The van der Waals surface area contributed by atoms with Gasteiger partial charge in [0, 0.05) is 18.5 Å². The van der Waals surface area contributed by atoms with E-state index in [4.69, 9.17) is 0 Å². The summed E-state index contributed by atoms with van der Waals surface area (Å²) in [5.41, 5.74) is 2.23. The molecule has 0 amide bonds. The lowest BCUT2D eigenvalue weighted by atomic mass is 9.91. The number of benzene rings is 2. The van der Waals surface area contributed by atoms with Crippen LogP contribution in [0, 0.1) is 0 Å². The molecule has 4 rings (SSSR count). The van der Waals surface area contributed by atoms with E-state index in [9.17, 15) is 23.1 Å². The minimum Gasteiger partial charge on any atom is -0.481 e. The Hall–Kier alpha value is -2.67. The van der Waals surface area contributed by atoms with Crippen molar-refractivity contribution in [3.05, 3.63) is 59.2 Å². The molecular formula is C19H17NO5S.